The van der Waals surface area contributed by atoms with E-state index in [9.17, 15) is 13.2 Å². The van der Waals surface area contributed by atoms with Gasteiger partial charge in [0.05, 0.1) is 11.1 Å². The Morgan fingerprint density at radius 2 is 1.74 bits per heavy atom. The van der Waals surface area contributed by atoms with Gasteiger partial charge in [-0.15, -0.1) is 0 Å². The third-order valence-electron chi connectivity index (χ3n) is 6.62. The molecular weight excluding hydrogens is 456 g/mol. The van der Waals surface area contributed by atoms with E-state index in [1.807, 2.05) is 25.1 Å². The molecule has 0 saturated carbocycles. The van der Waals surface area contributed by atoms with Crippen molar-refractivity contribution in [2.75, 3.05) is 39.5 Å². The second-order valence-corrected chi connectivity index (χ2v) is 10.9. The first-order chi connectivity index (χ1) is 16.4. The summed E-state index contributed by atoms with van der Waals surface area (Å²) in [5, 5.41) is 2.96. The summed E-state index contributed by atoms with van der Waals surface area (Å²) in [7, 11) is -3.66. The number of sulfonamides is 1. The number of benzene rings is 2. The normalized spacial score (nSPS) is 21.1. The first-order valence-electron chi connectivity index (χ1n) is 11.6. The standard InChI is InChI=1S/C24H30N4O5S/c1-18-4-7-20(8-5-18)34(30,31)28-10-2-3-23(28)25-24(29)27-13-11-26(12-14-27)16-19-6-9-21-22(15-19)33-17-32-21/h4-9,15,23H,2-3,10-14,16-17H2,1H3,(H,25,29)/t23-/m0/s1. The molecule has 0 radical (unpaired) electrons. The van der Waals surface area contributed by atoms with Gasteiger partial charge in [-0.05, 0) is 49.6 Å². The average Bonchev–Trinajstić information content (AvgIpc) is 3.49. The fourth-order valence-corrected chi connectivity index (χ4v) is 6.27. The number of piperazine rings is 1. The highest BCUT2D eigenvalue weighted by Gasteiger charge is 2.37. The minimum atomic E-state index is -3.66. The zero-order chi connectivity index (χ0) is 23.7. The van der Waals surface area contributed by atoms with Crippen LogP contribution >= 0.6 is 0 Å². The molecule has 1 N–H and O–H groups in total. The van der Waals surface area contributed by atoms with Crippen molar-refractivity contribution < 1.29 is 22.7 Å². The van der Waals surface area contributed by atoms with Gasteiger partial charge in [0.15, 0.2) is 11.5 Å². The van der Waals surface area contributed by atoms with E-state index in [4.69, 9.17) is 9.47 Å². The largest absolute Gasteiger partial charge is 0.454 e. The Morgan fingerprint density at radius 1 is 1.00 bits per heavy atom. The van der Waals surface area contributed by atoms with Crippen molar-refractivity contribution in [3.8, 4) is 11.5 Å². The lowest BCUT2D eigenvalue weighted by Crippen LogP contribution is -2.55. The highest BCUT2D eigenvalue weighted by Crippen LogP contribution is 2.33. The monoisotopic (exact) mass is 486 g/mol. The van der Waals surface area contributed by atoms with Crippen molar-refractivity contribution in [3.63, 3.8) is 0 Å². The predicted molar refractivity (Wildman–Crippen MR) is 126 cm³/mol. The van der Waals surface area contributed by atoms with Gasteiger partial charge in [0.1, 0.15) is 0 Å². The number of hydrogen-bond acceptors (Lipinski definition) is 6. The summed E-state index contributed by atoms with van der Waals surface area (Å²) in [6.07, 6.45) is 0.811. The van der Waals surface area contributed by atoms with Gasteiger partial charge in [-0.1, -0.05) is 23.8 Å². The number of nitrogens with one attached hydrogen (secondary N) is 1. The number of nitrogens with zero attached hydrogens (tertiary/aromatic N) is 3. The van der Waals surface area contributed by atoms with Crippen molar-refractivity contribution in [3.05, 3.63) is 53.6 Å². The zero-order valence-corrected chi connectivity index (χ0v) is 20.1. The fourth-order valence-electron chi connectivity index (χ4n) is 4.66. The SMILES string of the molecule is Cc1ccc(S(=O)(=O)N2CCC[C@H]2NC(=O)N2CCN(Cc3ccc4c(c3)OCO4)CC2)cc1. The molecule has 2 aromatic rings. The van der Waals surface area contributed by atoms with Gasteiger partial charge in [-0.25, -0.2) is 13.2 Å². The maximum atomic E-state index is 13.1. The molecule has 0 aliphatic carbocycles. The van der Waals surface area contributed by atoms with Crippen molar-refractivity contribution in [1.82, 2.24) is 19.4 Å². The zero-order valence-electron chi connectivity index (χ0n) is 19.3. The first kappa shape index (κ1) is 22.9. The summed E-state index contributed by atoms with van der Waals surface area (Å²) in [6, 6.07) is 12.6. The molecule has 0 spiro atoms. The number of rotatable bonds is 5. The maximum Gasteiger partial charge on any atom is 0.318 e. The molecular formula is C24H30N4O5S. The maximum absolute atomic E-state index is 13.1. The molecule has 5 rings (SSSR count). The minimum Gasteiger partial charge on any atom is -0.454 e. The van der Waals surface area contributed by atoms with Crippen LogP contribution in [0.2, 0.25) is 0 Å². The molecule has 3 heterocycles. The molecule has 182 valence electrons. The molecule has 0 bridgehead atoms. The van der Waals surface area contributed by atoms with Crippen molar-refractivity contribution in [2.45, 2.75) is 37.4 Å². The first-order valence-corrected chi connectivity index (χ1v) is 13.1. The smallest absolute Gasteiger partial charge is 0.318 e. The Hall–Kier alpha value is -2.82. The minimum absolute atomic E-state index is 0.210. The quantitative estimate of drug-likeness (QED) is 0.698. The van der Waals surface area contributed by atoms with E-state index in [0.717, 1.165) is 48.7 Å². The molecule has 1 atom stereocenters. The molecule has 10 heteroatoms. The molecule has 3 aliphatic heterocycles. The Labute approximate surface area is 200 Å². The lowest BCUT2D eigenvalue weighted by atomic mass is 10.1. The third-order valence-corrected chi connectivity index (χ3v) is 8.55. The van der Waals surface area contributed by atoms with Gasteiger partial charge in [0, 0.05) is 39.3 Å². The number of carbonyl (C=O) groups excluding carboxylic acids is 1. The molecule has 2 saturated heterocycles. The molecule has 2 aromatic carbocycles. The molecule has 34 heavy (non-hydrogen) atoms. The van der Waals surface area contributed by atoms with E-state index >= 15 is 0 Å². The number of aryl methyl sites for hydroxylation is 1. The van der Waals surface area contributed by atoms with Crippen molar-refractivity contribution >= 4 is 16.1 Å². The van der Waals surface area contributed by atoms with Crippen LogP contribution in [-0.4, -0.2) is 74.2 Å². The van der Waals surface area contributed by atoms with E-state index in [2.05, 4.69) is 10.2 Å². The topological polar surface area (TPSA) is 91.4 Å². The number of hydrogen-bond donors (Lipinski definition) is 1. The second-order valence-electron chi connectivity index (χ2n) is 8.99. The van der Waals surface area contributed by atoms with Crippen LogP contribution in [-0.2, 0) is 16.6 Å². The van der Waals surface area contributed by atoms with E-state index in [0.29, 0.717) is 26.1 Å². The highest BCUT2D eigenvalue weighted by molar-refractivity contribution is 7.89. The lowest BCUT2D eigenvalue weighted by molar-refractivity contribution is 0.130. The third kappa shape index (κ3) is 4.70. The average molecular weight is 487 g/mol. The van der Waals surface area contributed by atoms with Crippen molar-refractivity contribution in [2.24, 2.45) is 0 Å². The van der Waals surface area contributed by atoms with Gasteiger partial charge >= 0.3 is 6.03 Å². The summed E-state index contributed by atoms with van der Waals surface area (Å²) in [5.41, 5.74) is 2.15. The molecule has 2 fully saturated rings. The Balaban J connectivity index is 1.15. The molecule has 2 amide bonds. The van der Waals surface area contributed by atoms with Gasteiger partial charge < -0.3 is 19.7 Å². The van der Waals surface area contributed by atoms with Crippen LogP contribution in [0, 0.1) is 6.92 Å². The summed E-state index contributed by atoms with van der Waals surface area (Å²) in [5.74, 6) is 1.55. The summed E-state index contributed by atoms with van der Waals surface area (Å²) >= 11 is 0. The van der Waals surface area contributed by atoms with E-state index < -0.39 is 16.2 Å². The van der Waals surface area contributed by atoms with Crippen LogP contribution in [0.3, 0.4) is 0 Å². The molecule has 3 aliphatic rings. The van der Waals surface area contributed by atoms with Crippen molar-refractivity contribution in [1.29, 1.82) is 0 Å². The van der Waals surface area contributed by atoms with Gasteiger partial charge in [0.25, 0.3) is 0 Å². The van der Waals surface area contributed by atoms with E-state index in [1.54, 1.807) is 29.2 Å². The van der Waals surface area contributed by atoms with Crippen LogP contribution in [0.25, 0.3) is 0 Å². The van der Waals surface area contributed by atoms with E-state index in [-0.39, 0.29) is 17.7 Å². The Kier molecular flexibility index (Phi) is 6.37. The number of ether oxygens (including phenoxy) is 2. The van der Waals surface area contributed by atoms with Crippen LogP contribution in [0.4, 0.5) is 4.79 Å². The molecule has 9 nitrogen and oxygen atoms in total. The van der Waals surface area contributed by atoms with Gasteiger partial charge in [-0.2, -0.15) is 4.31 Å². The Morgan fingerprint density at radius 3 is 2.50 bits per heavy atom. The van der Waals surface area contributed by atoms with Crippen LogP contribution in [0.1, 0.15) is 24.0 Å². The lowest BCUT2D eigenvalue weighted by Gasteiger charge is -2.36. The molecule has 0 unspecified atom stereocenters. The summed E-state index contributed by atoms with van der Waals surface area (Å²) in [4.78, 5) is 17.3. The van der Waals surface area contributed by atoms with Gasteiger partial charge in [-0.3, -0.25) is 4.90 Å². The van der Waals surface area contributed by atoms with E-state index in [1.165, 1.54) is 4.31 Å². The predicted octanol–water partition coefficient (Wildman–Crippen LogP) is 2.36. The fraction of sp³-hybridized carbons (Fsp3) is 0.458. The summed E-state index contributed by atoms with van der Waals surface area (Å²) < 4.78 is 38.5. The van der Waals surface area contributed by atoms with Crippen LogP contribution in [0.5, 0.6) is 11.5 Å². The summed E-state index contributed by atoms with van der Waals surface area (Å²) in [6.45, 7) is 6.04. The Bertz CT molecular complexity index is 1150. The second kappa shape index (κ2) is 9.44. The van der Waals surface area contributed by atoms with Crippen LogP contribution in [0.15, 0.2) is 47.4 Å². The number of carbonyl (C=O) groups is 1. The number of fused-ring (bicyclic) bond motifs is 1. The number of amides is 2. The van der Waals surface area contributed by atoms with Crippen LogP contribution < -0.4 is 14.8 Å². The highest BCUT2D eigenvalue weighted by atomic mass is 32.2. The van der Waals surface area contributed by atoms with Gasteiger partial charge in [0.2, 0.25) is 16.8 Å². The number of urea groups is 1. The molecule has 0 aromatic heterocycles.